The van der Waals surface area contributed by atoms with Crippen molar-refractivity contribution in [3.05, 3.63) is 54.1 Å². The smallest absolute Gasteiger partial charge is 0.323 e. The van der Waals surface area contributed by atoms with Gasteiger partial charge in [-0.3, -0.25) is 9.59 Å². The SMILES string of the molecule is CO[C@H]1CN(C)C(=O)c2cc(NC(=O)Nc3ccccc3)ccc2OC[C@@H](C)N(C(=O)CN(C)C)C[C@H]1C. The minimum atomic E-state index is -0.428. The molecule has 1 heterocycles. The fraction of sp³-hybridized carbons (Fsp3) is 0.464. The van der Waals surface area contributed by atoms with Crippen molar-refractivity contribution in [1.29, 1.82) is 0 Å². The number of urea groups is 1. The van der Waals surface area contributed by atoms with E-state index in [9.17, 15) is 14.4 Å². The Bertz CT molecular complexity index is 1110. The number of benzene rings is 2. The highest BCUT2D eigenvalue weighted by atomic mass is 16.5. The van der Waals surface area contributed by atoms with E-state index in [4.69, 9.17) is 9.47 Å². The Morgan fingerprint density at radius 1 is 1.05 bits per heavy atom. The van der Waals surface area contributed by atoms with Crippen LogP contribution in [-0.4, -0.2) is 99.2 Å². The number of ether oxygens (including phenoxy) is 2. The van der Waals surface area contributed by atoms with E-state index in [0.717, 1.165) is 0 Å². The van der Waals surface area contributed by atoms with Gasteiger partial charge < -0.3 is 34.8 Å². The second-order valence-electron chi connectivity index (χ2n) is 10.0. The maximum absolute atomic E-state index is 13.5. The van der Waals surface area contributed by atoms with Crippen molar-refractivity contribution in [3.63, 3.8) is 0 Å². The number of carbonyl (C=O) groups is 3. The first-order valence-electron chi connectivity index (χ1n) is 12.7. The van der Waals surface area contributed by atoms with Crippen LogP contribution in [0.5, 0.6) is 5.75 Å². The lowest BCUT2D eigenvalue weighted by Crippen LogP contribution is -2.50. The van der Waals surface area contributed by atoms with E-state index in [1.54, 1.807) is 49.4 Å². The summed E-state index contributed by atoms with van der Waals surface area (Å²) in [4.78, 5) is 44.4. The first-order chi connectivity index (χ1) is 18.1. The summed E-state index contributed by atoms with van der Waals surface area (Å²) < 4.78 is 11.9. The fourth-order valence-electron chi connectivity index (χ4n) is 4.38. The number of fused-ring (bicyclic) bond motifs is 1. The molecule has 2 aromatic rings. The molecular formula is C28H39N5O5. The van der Waals surface area contributed by atoms with Crippen molar-refractivity contribution in [1.82, 2.24) is 14.7 Å². The van der Waals surface area contributed by atoms with E-state index in [0.29, 0.717) is 35.8 Å². The number of anilines is 2. The molecule has 10 nitrogen and oxygen atoms in total. The maximum Gasteiger partial charge on any atom is 0.323 e. The molecule has 0 unspecified atom stereocenters. The average molecular weight is 526 g/mol. The zero-order chi connectivity index (χ0) is 27.8. The number of carbonyl (C=O) groups excluding carboxylic acids is 3. The zero-order valence-corrected chi connectivity index (χ0v) is 23.1. The molecule has 0 fully saturated rings. The lowest BCUT2D eigenvalue weighted by molar-refractivity contribution is -0.136. The van der Waals surface area contributed by atoms with Crippen LogP contribution in [-0.2, 0) is 9.53 Å². The Hall–Kier alpha value is -3.63. The van der Waals surface area contributed by atoms with Gasteiger partial charge in [-0.2, -0.15) is 0 Å². The number of nitrogens with zero attached hydrogens (tertiary/aromatic N) is 3. The van der Waals surface area contributed by atoms with E-state index in [-0.39, 0.29) is 43.0 Å². The number of hydrogen-bond acceptors (Lipinski definition) is 6. The summed E-state index contributed by atoms with van der Waals surface area (Å²) >= 11 is 0. The van der Waals surface area contributed by atoms with Gasteiger partial charge in [0.15, 0.2) is 0 Å². The molecule has 3 rings (SSSR count). The van der Waals surface area contributed by atoms with E-state index in [1.165, 1.54) is 0 Å². The van der Waals surface area contributed by atoms with Gasteiger partial charge in [0.2, 0.25) is 5.91 Å². The normalized spacial score (nSPS) is 20.6. The van der Waals surface area contributed by atoms with Gasteiger partial charge in [-0.05, 0) is 51.4 Å². The highest BCUT2D eigenvalue weighted by molar-refractivity contribution is 6.02. The highest BCUT2D eigenvalue weighted by Crippen LogP contribution is 2.26. The number of hydrogen-bond donors (Lipinski definition) is 2. The minimum absolute atomic E-state index is 0.00140. The third-order valence-electron chi connectivity index (χ3n) is 6.51. The second-order valence-corrected chi connectivity index (χ2v) is 10.0. The number of nitrogens with one attached hydrogen (secondary N) is 2. The Morgan fingerprint density at radius 2 is 1.74 bits per heavy atom. The summed E-state index contributed by atoms with van der Waals surface area (Å²) in [6.07, 6.45) is -0.285. The monoisotopic (exact) mass is 525 g/mol. The van der Waals surface area contributed by atoms with Gasteiger partial charge in [-0.15, -0.1) is 0 Å². The maximum atomic E-state index is 13.5. The summed E-state index contributed by atoms with van der Waals surface area (Å²) in [7, 11) is 7.04. The molecule has 0 spiro atoms. The van der Waals surface area contributed by atoms with Crippen molar-refractivity contribution < 1.29 is 23.9 Å². The van der Waals surface area contributed by atoms with Crippen LogP contribution in [0.25, 0.3) is 0 Å². The number of rotatable bonds is 5. The summed E-state index contributed by atoms with van der Waals surface area (Å²) in [5.74, 6) is 0.0938. The highest BCUT2D eigenvalue weighted by Gasteiger charge is 2.30. The molecule has 0 bridgehead atoms. The summed E-state index contributed by atoms with van der Waals surface area (Å²) in [5.41, 5.74) is 1.41. The van der Waals surface area contributed by atoms with Gasteiger partial charge in [0, 0.05) is 44.5 Å². The molecule has 4 amide bonds. The standard InChI is InChI=1S/C28H39N5O5/c1-19-15-33(26(34)17-31(3)4)20(2)18-38-24-13-12-22(30-28(36)29-21-10-8-7-9-11-21)14-23(24)27(35)32(5)16-25(19)37-6/h7-14,19-20,25H,15-18H2,1-6H3,(H2,29,30,36)/t19-,20-,25+/m1/s1. The van der Waals surface area contributed by atoms with Crippen molar-refractivity contribution in [3.8, 4) is 5.75 Å². The second kappa shape index (κ2) is 13.3. The van der Waals surface area contributed by atoms with Crippen molar-refractivity contribution in [2.24, 2.45) is 5.92 Å². The van der Waals surface area contributed by atoms with Crippen molar-refractivity contribution in [2.75, 3.05) is 65.1 Å². The zero-order valence-electron chi connectivity index (χ0n) is 23.1. The van der Waals surface area contributed by atoms with Crippen LogP contribution in [0.4, 0.5) is 16.2 Å². The van der Waals surface area contributed by atoms with Gasteiger partial charge in [0.25, 0.3) is 5.91 Å². The van der Waals surface area contributed by atoms with E-state index >= 15 is 0 Å². The predicted octanol–water partition coefficient (Wildman–Crippen LogP) is 3.22. The van der Waals surface area contributed by atoms with Crippen LogP contribution < -0.4 is 15.4 Å². The van der Waals surface area contributed by atoms with Crippen LogP contribution in [0.2, 0.25) is 0 Å². The number of para-hydroxylation sites is 1. The quantitative estimate of drug-likeness (QED) is 0.621. The third-order valence-corrected chi connectivity index (χ3v) is 6.51. The van der Waals surface area contributed by atoms with Crippen LogP contribution in [0.15, 0.2) is 48.5 Å². The van der Waals surface area contributed by atoms with Gasteiger partial charge in [0.05, 0.1) is 24.3 Å². The van der Waals surface area contributed by atoms with Gasteiger partial charge in [0.1, 0.15) is 12.4 Å². The lowest BCUT2D eigenvalue weighted by atomic mass is 10.0. The third kappa shape index (κ3) is 7.69. The molecule has 0 saturated carbocycles. The Kier molecular flexibility index (Phi) is 10.1. The largest absolute Gasteiger partial charge is 0.491 e. The first-order valence-corrected chi connectivity index (χ1v) is 12.7. The fourth-order valence-corrected chi connectivity index (χ4v) is 4.38. The van der Waals surface area contributed by atoms with Crippen LogP contribution in [0.3, 0.4) is 0 Å². The summed E-state index contributed by atoms with van der Waals surface area (Å²) in [6.45, 7) is 5.24. The summed E-state index contributed by atoms with van der Waals surface area (Å²) in [5, 5.41) is 5.54. The molecule has 2 aromatic carbocycles. The van der Waals surface area contributed by atoms with Crippen LogP contribution in [0.1, 0.15) is 24.2 Å². The lowest BCUT2D eigenvalue weighted by Gasteiger charge is -2.36. The molecule has 206 valence electrons. The van der Waals surface area contributed by atoms with E-state index in [1.807, 2.05) is 55.9 Å². The molecular weight excluding hydrogens is 486 g/mol. The molecule has 0 aromatic heterocycles. The molecule has 1 aliphatic rings. The van der Waals surface area contributed by atoms with Crippen molar-refractivity contribution in [2.45, 2.75) is 26.0 Å². The molecule has 0 radical (unpaired) electrons. The van der Waals surface area contributed by atoms with Gasteiger partial charge in [-0.25, -0.2) is 4.79 Å². The Labute approximate surface area is 224 Å². The molecule has 1 aliphatic heterocycles. The molecule has 3 atom stereocenters. The van der Waals surface area contributed by atoms with Gasteiger partial charge in [-0.1, -0.05) is 25.1 Å². The van der Waals surface area contributed by atoms with E-state index < -0.39 is 6.03 Å². The van der Waals surface area contributed by atoms with Crippen LogP contribution in [0, 0.1) is 5.92 Å². The van der Waals surface area contributed by atoms with E-state index in [2.05, 4.69) is 10.6 Å². The van der Waals surface area contributed by atoms with Crippen molar-refractivity contribution >= 4 is 29.2 Å². The molecule has 10 heteroatoms. The number of amides is 4. The number of likely N-dealkylation sites (N-methyl/N-ethyl adjacent to an activating group) is 2. The Balaban J connectivity index is 1.89. The molecule has 0 aliphatic carbocycles. The summed E-state index contributed by atoms with van der Waals surface area (Å²) in [6, 6.07) is 13.4. The topological polar surface area (TPSA) is 103 Å². The Morgan fingerprint density at radius 3 is 2.39 bits per heavy atom. The van der Waals surface area contributed by atoms with Gasteiger partial charge >= 0.3 is 6.03 Å². The van der Waals surface area contributed by atoms with Crippen LogP contribution >= 0.6 is 0 Å². The molecule has 38 heavy (non-hydrogen) atoms. The molecule has 2 N–H and O–H groups in total. The predicted molar refractivity (Wildman–Crippen MR) is 148 cm³/mol. The molecule has 0 saturated heterocycles. The average Bonchev–Trinajstić information content (AvgIpc) is 2.88. The minimum Gasteiger partial charge on any atom is -0.491 e. The first kappa shape index (κ1) is 28.9. The number of methoxy groups -OCH3 is 1.